The van der Waals surface area contributed by atoms with E-state index in [0.29, 0.717) is 60.0 Å². The molecule has 7 aromatic rings. The summed E-state index contributed by atoms with van der Waals surface area (Å²) in [6.45, 7) is 17.3. The molecule has 2 bridgehead atoms. The van der Waals surface area contributed by atoms with Crippen LogP contribution in [-0.4, -0.2) is 159 Å². The first-order chi connectivity index (χ1) is 40.2. The van der Waals surface area contributed by atoms with Gasteiger partial charge in [-0.3, -0.25) is 19.5 Å². The number of carbonyl (C=O) groups excluding carboxylic acids is 2. The number of aromatic hydroxyl groups is 1. The van der Waals surface area contributed by atoms with Gasteiger partial charge in [0.2, 0.25) is 11.8 Å². The third-order valence-corrected chi connectivity index (χ3v) is 20.3. The molecule has 21 heteroatoms. The summed E-state index contributed by atoms with van der Waals surface area (Å²) in [6, 6.07) is 12.1. The van der Waals surface area contributed by atoms with Gasteiger partial charge < -0.3 is 40.1 Å². The SMILES string of the molecule is CCc1c(F)ccc2cc(O)cc(-c3ncc4c(N5CCC[C@@](C)(O)C5)nc(OCC5(CN6CCN(C78CC(c9cn([C@H](C(=O)N%10C[C@H](O)C[C@H]%10C(=O)N[C@@H](C)c%10ccc(-c%11scnc%11C)cc%10)C(C)C)nn9)(C7)C8)CC6)CC5)nc4c3F)c12. The molecule has 0 unspecified atom stereocenters. The molecule has 0 spiro atoms. The highest BCUT2D eigenvalue weighted by molar-refractivity contribution is 7.13. The van der Waals surface area contributed by atoms with Crippen LogP contribution in [0.3, 0.4) is 0 Å². The zero-order chi connectivity index (χ0) is 58.6. The molecule has 4 aliphatic carbocycles. The summed E-state index contributed by atoms with van der Waals surface area (Å²) < 4.78 is 40.7. The van der Waals surface area contributed by atoms with Gasteiger partial charge in [-0.25, -0.2) is 18.4 Å². The van der Waals surface area contributed by atoms with Crippen molar-refractivity contribution in [3.63, 3.8) is 0 Å². The van der Waals surface area contributed by atoms with Crippen LogP contribution in [0.1, 0.15) is 121 Å². The lowest BCUT2D eigenvalue weighted by Gasteiger charge is -2.74. The van der Waals surface area contributed by atoms with Gasteiger partial charge in [-0.2, -0.15) is 9.97 Å². The molecule has 0 radical (unpaired) electrons. The van der Waals surface area contributed by atoms with Gasteiger partial charge in [0, 0.05) is 93.1 Å². The number of carbonyl (C=O) groups is 2. The number of β-amino-alcohol motifs (C(OH)–C–C–N with tert-alkyl or cyclic N) is 2. The van der Waals surface area contributed by atoms with E-state index >= 15 is 8.78 Å². The third-order valence-electron chi connectivity index (χ3n) is 19.3. The number of thiazole rings is 1. The number of phenolic OH excluding ortho intramolecular Hbond substituents is 1. The lowest BCUT2D eigenvalue weighted by Crippen LogP contribution is -2.78. The Morgan fingerprint density at radius 1 is 0.964 bits per heavy atom. The second-order valence-electron chi connectivity index (χ2n) is 25.9. The number of ether oxygens (including phenoxy) is 1. The van der Waals surface area contributed by atoms with Crippen LogP contribution < -0.4 is 15.0 Å². The number of phenols is 1. The summed E-state index contributed by atoms with van der Waals surface area (Å²) in [5.74, 6) is -1.55. The van der Waals surface area contributed by atoms with Crippen molar-refractivity contribution in [2.24, 2.45) is 11.3 Å². The Kier molecular flexibility index (Phi) is 14.3. The fraction of sp³-hybridized carbons (Fsp3) is 0.524. The fourth-order valence-corrected chi connectivity index (χ4v) is 15.4. The second-order valence-corrected chi connectivity index (χ2v) is 26.7. The van der Waals surface area contributed by atoms with Gasteiger partial charge in [-0.1, -0.05) is 56.3 Å². The quantitative estimate of drug-likeness (QED) is 0.0674. The number of pyridine rings is 1. The Balaban J connectivity index is 0.640. The zero-order valence-corrected chi connectivity index (χ0v) is 49.4. The van der Waals surface area contributed by atoms with Crippen molar-refractivity contribution in [3.8, 4) is 33.5 Å². The number of benzene rings is 3. The van der Waals surface area contributed by atoms with Crippen LogP contribution in [0.5, 0.6) is 11.8 Å². The Labute approximate surface area is 491 Å². The number of hydrogen-bond acceptors (Lipinski definition) is 16. The standard InChI is InChI=1S/C63H74F2N12O6S/c1-7-44-47(64)14-13-41-23-42(78)24-45(50(41)44)52-51(65)53-46(26-66-52)56(74-18-8-15-60(6,82)32-74)70-59(69-53)83-34-61(16-17-61)33-73-19-21-75(22-20-73)63-29-62(30-63,31-63)49-28-77(72-71-49)54(36(2)3)58(81)76-27-43(79)25-48(76)57(80)68-37(4)39-9-11-40(12-10-39)55-38(5)67-35-84-55/h9-14,23-24,26,28,35-37,43,48,54,78-79,82H,7-8,15-22,25,27,29-34H2,1-6H3,(H,68,80)/t37-,43+,48-,54-,60+,62?,63?/m0/s1. The molecule has 3 aromatic carbocycles. The summed E-state index contributed by atoms with van der Waals surface area (Å²) in [5.41, 5.74) is 5.21. The van der Waals surface area contributed by atoms with Crippen LogP contribution in [0.15, 0.2) is 66.4 Å². The lowest BCUT2D eigenvalue weighted by molar-refractivity contribution is -0.181. The zero-order valence-electron chi connectivity index (χ0n) is 48.6. The van der Waals surface area contributed by atoms with Crippen LogP contribution in [0.4, 0.5) is 14.6 Å². The van der Waals surface area contributed by atoms with Crippen LogP contribution >= 0.6 is 11.3 Å². The Bertz CT molecular complexity index is 3670. The molecule has 84 heavy (non-hydrogen) atoms. The maximum Gasteiger partial charge on any atom is 0.319 e. The van der Waals surface area contributed by atoms with E-state index in [-0.39, 0.29) is 88.2 Å². The predicted octanol–water partition coefficient (Wildman–Crippen LogP) is 8.45. The van der Waals surface area contributed by atoms with Gasteiger partial charge in [0.1, 0.15) is 40.7 Å². The Morgan fingerprint density at radius 2 is 1.73 bits per heavy atom. The molecule has 4 aromatic heterocycles. The molecule has 2 amide bonds. The average Bonchev–Trinajstić information content (AvgIpc) is 1.74. The number of likely N-dealkylation sites (tertiary alicyclic amines) is 1. The van der Waals surface area contributed by atoms with Crippen LogP contribution in [0, 0.1) is 29.9 Å². The Morgan fingerprint density at radius 3 is 2.42 bits per heavy atom. The number of aliphatic hydroxyl groups excluding tert-OH is 1. The van der Waals surface area contributed by atoms with E-state index in [1.165, 1.54) is 29.3 Å². The number of aryl methyl sites for hydroxylation is 2. The number of amides is 2. The van der Waals surface area contributed by atoms with E-state index in [4.69, 9.17) is 19.8 Å². The van der Waals surface area contributed by atoms with E-state index in [1.807, 2.05) is 75.5 Å². The molecule has 4 N–H and O–H groups in total. The molecule has 14 rings (SSSR count). The minimum atomic E-state index is -0.986. The molecule has 7 heterocycles. The molecule has 7 aliphatic rings. The van der Waals surface area contributed by atoms with Gasteiger partial charge >= 0.3 is 6.01 Å². The van der Waals surface area contributed by atoms with Gasteiger partial charge in [0.05, 0.1) is 51.5 Å². The Hall–Kier alpha value is -6.78. The summed E-state index contributed by atoms with van der Waals surface area (Å²) in [7, 11) is 0. The van der Waals surface area contributed by atoms with Crippen molar-refractivity contribution >= 4 is 50.6 Å². The van der Waals surface area contributed by atoms with E-state index in [0.717, 1.165) is 92.2 Å². The van der Waals surface area contributed by atoms with E-state index in [2.05, 4.69) is 30.3 Å². The number of anilines is 1. The number of rotatable bonds is 17. The molecule has 18 nitrogen and oxygen atoms in total. The van der Waals surface area contributed by atoms with E-state index in [1.54, 1.807) is 29.0 Å². The normalized spacial score (nSPS) is 25.7. The molecule has 442 valence electrons. The number of nitrogens with zero attached hydrogens (tertiary/aromatic N) is 11. The van der Waals surface area contributed by atoms with Crippen molar-refractivity contribution in [1.29, 1.82) is 0 Å². The average molecular weight is 1170 g/mol. The number of aliphatic hydroxyl groups is 2. The van der Waals surface area contributed by atoms with Gasteiger partial charge in [0.25, 0.3) is 0 Å². The molecular weight excluding hydrogens is 1090 g/mol. The van der Waals surface area contributed by atoms with Gasteiger partial charge in [-0.15, -0.1) is 16.4 Å². The topological polar surface area (TPSA) is 211 Å². The van der Waals surface area contributed by atoms with Crippen LogP contribution in [-0.2, 0) is 21.4 Å². The van der Waals surface area contributed by atoms with Crippen molar-refractivity contribution in [3.05, 3.63) is 101 Å². The molecular formula is C63H74F2N12O6S. The number of halogens is 2. The van der Waals surface area contributed by atoms with Crippen molar-refractivity contribution in [2.75, 3.05) is 63.9 Å². The number of hydrogen-bond donors (Lipinski definition) is 4. The number of nitrogens with one attached hydrogen (secondary N) is 1. The minimum Gasteiger partial charge on any atom is -0.508 e. The maximum atomic E-state index is 17.3. The number of aromatic nitrogens is 7. The fourth-order valence-electron chi connectivity index (χ4n) is 14.6. The molecule has 7 fully saturated rings. The molecule has 5 atom stereocenters. The van der Waals surface area contributed by atoms with E-state index < -0.39 is 35.4 Å². The van der Waals surface area contributed by atoms with Crippen molar-refractivity contribution in [2.45, 2.75) is 140 Å². The van der Waals surface area contributed by atoms with Gasteiger partial charge in [0.15, 0.2) is 5.82 Å². The number of piperazine rings is 1. The van der Waals surface area contributed by atoms with Crippen molar-refractivity contribution in [1.82, 2.24) is 54.9 Å². The van der Waals surface area contributed by atoms with Gasteiger partial charge in [-0.05, 0) is 124 Å². The third kappa shape index (κ3) is 10.1. The highest BCUT2D eigenvalue weighted by Crippen LogP contribution is 2.70. The van der Waals surface area contributed by atoms with E-state index in [9.17, 15) is 24.9 Å². The maximum absolute atomic E-state index is 17.3. The molecule has 4 saturated carbocycles. The van der Waals surface area contributed by atoms with Crippen LogP contribution in [0.25, 0.3) is 43.4 Å². The summed E-state index contributed by atoms with van der Waals surface area (Å²) in [4.78, 5) is 56.8. The minimum absolute atomic E-state index is 0.00519. The lowest BCUT2D eigenvalue weighted by atomic mass is 9.37. The van der Waals surface area contributed by atoms with Crippen LogP contribution in [0.2, 0.25) is 0 Å². The highest BCUT2D eigenvalue weighted by atomic mass is 32.1. The smallest absolute Gasteiger partial charge is 0.319 e. The summed E-state index contributed by atoms with van der Waals surface area (Å²) >= 11 is 1.59. The first kappa shape index (κ1) is 56.4. The summed E-state index contributed by atoms with van der Waals surface area (Å²) in [5, 5.41) is 46.6. The predicted molar refractivity (Wildman–Crippen MR) is 316 cm³/mol. The second kappa shape index (κ2) is 21.3. The molecule has 3 aliphatic heterocycles. The monoisotopic (exact) mass is 1160 g/mol. The molecule has 3 saturated heterocycles. The summed E-state index contributed by atoms with van der Waals surface area (Å²) in [6.07, 6.45) is 9.36. The van der Waals surface area contributed by atoms with Crippen molar-refractivity contribution < 1.29 is 38.4 Å². The number of fused-ring (bicyclic) bond motifs is 2. The highest BCUT2D eigenvalue weighted by Gasteiger charge is 2.72. The number of piperidine rings is 1. The first-order valence-corrected chi connectivity index (χ1v) is 30.7. The first-order valence-electron chi connectivity index (χ1n) is 29.8. The largest absolute Gasteiger partial charge is 0.508 e.